The van der Waals surface area contributed by atoms with Crippen LogP contribution in [0.15, 0.2) is 69.6 Å². The third-order valence-electron chi connectivity index (χ3n) is 4.48. The summed E-state index contributed by atoms with van der Waals surface area (Å²) in [6.45, 7) is 5.15. The summed E-state index contributed by atoms with van der Waals surface area (Å²) in [6, 6.07) is 14.4. The number of quaternary nitrogens is 1. The van der Waals surface area contributed by atoms with Gasteiger partial charge in [0.2, 0.25) is 0 Å². The summed E-state index contributed by atoms with van der Waals surface area (Å²) in [7, 11) is 0. The number of aliphatic hydroxyl groups is 1. The van der Waals surface area contributed by atoms with E-state index in [2.05, 4.69) is 52.8 Å². The van der Waals surface area contributed by atoms with Gasteiger partial charge >= 0.3 is 0 Å². The second kappa shape index (κ2) is 10.0. The second-order valence-corrected chi connectivity index (χ2v) is 7.89. The molecule has 138 valence electrons. The van der Waals surface area contributed by atoms with Crippen LogP contribution < -0.4 is 17.7 Å². The van der Waals surface area contributed by atoms with E-state index in [0.29, 0.717) is 0 Å². The van der Waals surface area contributed by atoms with E-state index >= 15 is 0 Å². The van der Waals surface area contributed by atoms with E-state index in [1.807, 2.05) is 30.3 Å². The molecule has 26 heavy (non-hydrogen) atoms. The van der Waals surface area contributed by atoms with E-state index in [1.54, 1.807) is 22.7 Å². The van der Waals surface area contributed by atoms with Crippen molar-refractivity contribution in [3.8, 4) is 0 Å². The normalized spacial score (nSPS) is 12.9. The lowest BCUT2D eigenvalue weighted by Gasteiger charge is -2.19. The van der Waals surface area contributed by atoms with Crippen LogP contribution in [0.1, 0.15) is 36.6 Å². The van der Waals surface area contributed by atoms with Gasteiger partial charge in [0.05, 0.1) is 6.54 Å². The molecule has 2 atom stereocenters. The molecule has 2 heterocycles. The lowest BCUT2D eigenvalue weighted by molar-refractivity contribution is -0.688. The van der Waals surface area contributed by atoms with E-state index in [0.717, 1.165) is 12.1 Å². The van der Waals surface area contributed by atoms with Gasteiger partial charge in [-0.2, -0.15) is 22.7 Å². The zero-order valence-corrected chi connectivity index (χ0v) is 17.3. The quantitative estimate of drug-likeness (QED) is 0.611. The SMILES string of the molecule is CC(C[NH2+]C(C)C(O)c1ccccc1)=C(c1ccsc1)c1ccsc1.[Cl-]. The molecule has 0 saturated carbocycles. The van der Waals surface area contributed by atoms with Crippen molar-refractivity contribution in [3.63, 3.8) is 0 Å². The van der Waals surface area contributed by atoms with Crippen molar-refractivity contribution in [2.45, 2.75) is 26.0 Å². The van der Waals surface area contributed by atoms with Crippen molar-refractivity contribution in [1.29, 1.82) is 0 Å². The molecule has 0 aliphatic heterocycles. The predicted octanol–water partition coefficient (Wildman–Crippen LogP) is 1.32. The van der Waals surface area contributed by atoms with Gasteiger partial charge < -0.3 is 22.8 Å². The van der Waals surface area contributed by atoms with Gasteiger partial charge in [0.1, 0.15) is 12.1 Å². The van der Waals surface area contributed by atoms with Crippen molar-refractivity contribution in [1.82, 2.24) is 0 Å². The molecule has 0 aliphatic rings. The molecule has 0 radical (unpaired) electrons. The number of nitrogens with two attached hydrogens (primary N) is 1. The molecular formula is C21H24ClNOS2. The highest BCUT2D eigenvalue weighted by Crippen LogP contribution is 2.29. The number of hydrogen-bond acceptors (Lipinski definition) is 3. The average Bonchev–Trinajstić information content (AvgIpc) is 3.34. The Morgan fingerprint density at radius 1 is 1.00 bits per heavy atom. The van der Waals surface area contributed by atoms with Gasteiger partial charge in [-0.1, -0.05) is 30.3 Å². The largest absolute Gasteiger partial charge is 1.00 e. The van der Waals surface area contributed by atoms with Gasteiger partial charge in [-0.3, -0.25) is 0 Å². The van der Waals surface area contributed by atoms with E-state index in [-0.39, 0.29) is 18.4 Å². The Labute approximate surface area is 169 Å². The zero-order valence-electron chi connectivity index (χ0n) is 14.9. The van der Waals surface area contributed by atoms with Crippen LogP contribution in [0.2, 0.25) is 0 Å². The molecule has 0 saturated heterocycles. The van der Waals surface area contributed by atoms with Crippen LogP contribution in [0.4, 0.5) is 0 Å². The third-order valence-corrected chi connectivity index (χ3v) is 5.85. The van der Waals surface area contributed by atoms with Gasteiger partial charge in [-0.15, -0.1) is 0 Å². The highest BCUT2D eigenvalue weighted by Gasteiger charge is 2.20. The van der Waals surface area contributed by atoms with E-state index < -0.39 is 6.10 Å². The number of halogens is 1. The fraction of sp³-hybridized carbons (Fsp3) is 0.238. The highest BCUT2D eigenvalue weighted by atomic mass is 35.5. The number of aliphatic hydroxyl groups excluding tert-OH is 1. The molecule has 1 aromatic carbocycles. The monoisotopic (exact) mass is 405 g/mol. The van der Waals surface area contributed by atoms with E-state index in [9.17, 15) is 5.11 Å². The minimum Gasteiger partial charge on any atom is -1.00 e. The van der Waals surface area contributed by atoms with Crippen molar-refractivity contribution >= 4 is 28.2 Å². The lowest BCUT2D eigenvalue weighted by Crippen LogP contribution is -3.00. The summed E-state index contributed by atoms with van der Waals surface area (Å²) in [5, 5.41) is 21.5. The summed E-state index contributed by atoms with van der Waals surface area (Å²) in [4.78, 5) is 0. The average molecular weight is 406 g/mol. The third kappa shape index (κ3) is 5.06. The van der Waals surface area contributed by atoms with Gasteiger partial charge in [0.15, 0.2) is 0 Å². The lowest BCUT2D eigenvalue weighted by atomic mass is 9.97. The van der Waals surface area contributed by atoms with Gasteiger partial charge in [0, 0.05) is 0 Å². The minimum absolute atomic E-state index is 0. The first-order valence-corrected chi connectivity index (χ1v) is 10.4. The van der Waals surface area contributed by atoms with Crippen LogP contribution >= 0.6 is 22.7 Å². The summed E-state index contributed by atoms with van der Waals surface area (Å²) < 4.78 is 0. The van der Waals surface area contributed by atoms with Crippen LogP contribution in [0.25, 0.3) is 5.57 Å². The second-order valence-electron chi connectivity index (χ2n) is 6.33. The molecule has 2 aromatic heterocycles. The number of rotatable bonds is 7. The molecule has 3 aromatic rings. The topological polar surface area (TPSA) is 36.8 Å². The number of benzene rings is 1. The summed E-state index contributed by atoms with van der Waals surface area (Å²) in [5.74, 6) is 0. The molecule has 5 heteroatoms. The van der Waals surface area contributed by atoms with Crippen LogP contribution in [-0.4, -0.2) is 17.7 Å². The first-order valence-electron chi connectivity index (χ1n) is 8.48. The molecule has 0 amide bonds. The number of thiophene rings is 2. The Bertz CT molecular complexity index is 762. The first kappa shape index (κ1) is 20.9. The van der Waals surface area contributed by atoms with E-state index in [4.69, 9.17) is 0 Å². The Morgan fingerprint density at radius 2 is 1.58 bits per heavy atom. The molecule has 0 bridgehead atoms. The van der Waals surface area contributed by atoms with Gasteiger partial charge in [-0.25, -0.2) is 0 Å². The van der Waals surface area contributed by atoms with Crippen molar-refractivity contribution in [2.75, 3.05) is 6.54 Å². The Balaban J connectivity index is 0.00000243. The summed E-state index contributed by atoms with van der Waals surface area (Å²) >= 11 is 3.46. The molecule has 2 nitrogen and oxygen atoms in total. The smallest absolute Gasteiger partial charge is 0.130 e. The fourth-order valence-electron chi connectivity index (χ4n) is 3.02. The maximum atomic E-state index is 10.6. The molecule has 0 fully saturated rings. The zero-order chi connectivity index (χ0) is 17.6. The maximum absolute atomic E-state index is 10.6. The maximum Gasteiger partial charge on any atom is 0.130 e. The standard InChI is InChI=1S/C21H23NOS2.ClH/c1-15(12-22-16(2)21(23)17-6-4-3-5-7-17)20(18-8-10-24-13-18)19-9-11-25-14-19;/h3-11,13-14,16,21-23H,12H2,1-2H3;1H. The van der Waals surface area contributed by atoms with Crippen LogP contribution in [0.3, 0.4) is 0 Å². The van der Waals surface area contributed by atoms with Crippen LogP contribution in [0, 0.1) is 0 Å². The Kier molecular flexibility index (Phi) is 8.07. The van der Waals surface area contributed by atoms with Crippen molar-refractivity contribution in [2.24, 2.45) is 0 Å². The van der Waals surface area contributed by atoms with E-state index in [1.165, 1.54) is 22.3 Å². The molecular weight excluding hydrogens is 382 g/mol. The van der Waals surface area contributed by atoms with Crippen LogP contribution in [-0.2, 0) is 0 Å². The summed E-state index contributed by atoms with van der Waals surface area (Å²) in [6.07, 6.45) is -0.459. The predicted molar refractivity (Wildman–Crippen MR) is 108 cm³/mol. The molecule has 2 unspecified atom stereocenters. The van der Waals surface area contributed by atoms with Gasteiger partial charge in [-0.05, 0) is 75.3 Å². The molecule has 3 rings (SSSR count). The highest BCUT2D eigenvalue weighted by molar-refractivity contribution is 7.08. The fourth-order valence-corrected chi connectivity index (χ4v) is 4.31. The molecule has 0 spiro atoms. The van der Waals surface area contributed by atoms with Crippen LogP contribution in [0.5, 0.6) is 0 Å². The molecule has 3 N–H and O–H groups in total. The summed E-state index contributed by atoms with van der Waals surface area (Å²) in [5.41, 5.74) is 6.20. The number of hydrogen-bond donors (Lipinski definition) is 2. The molecule has 0 aliphatic carbocycles. The van der Waals surface area contributed by atoms with Gasteiger partial charge in [0.25, 0.3) is 0 Å². The van der Waals surface area contributed by atoms with Crippen molar-refractivity contribution in [3.05, 3.63) is 86.2 Å². The first-order chi connectivity index (χ1) is 12.2. The van der Waals surface area contributed by atoms with Crippen molar-refractivity contribution < 1.29 is 22.8 Å². The Morgan fingerprint density at radius 3 is 2.08 bits per heavy atom. The Hall–Kier alpha value is -1.43. The minimum atomic E-state index is -0.459.